The number of thiophene rings is 1. The SMILES string of the molecule is Cl.c1csc(CNC2CC3CC2C2CCCC32)c1. The largest absolute Gasteiger partial charge is 0.309 e. The summed E-state index contributed by atoms with van der Waals surface area (Å²) in [6, 6.07) is 5.25. The summed E-state index contributed by atoms with van der Waals surface area (Å²) in [7, 11) is 0. The minimum Gasteiger partial charge on any atom is -0.309 e. The van der Waals surface area contributed by atoms with Crippen molar-refractivity contribution in [3.63, 3.8) is 0 Å². The van der Waals surface area contributed by atoms with Crippen LogP contribution < -0.4 is 5.32 Å². The predicted molar refractivity (Wildman–Crippen MR) is 79.2 cm³/mol. The fraction of sp³-hybridized carbons (Fsp3) is 0.733. The van der Waals surface area contributed by atoms with Gasteiger partial charge in [0, 0.05) is 17.5 Å². The Morgan fingerprint density at radius 3 is 2.89 bits per heavy atom. The van der Waals surface area contributed by atoms with Gasteiger partial charge in [-0.25, -0.2) is 0 Å². The van der Waals surface area contributed by atoms with E-state index in [-0.39, 0.29) is 12.4 Å². The summed E-state index contributed by atoms with van der Waals surface area (Å²) < 4.78 is 0. The fourth-order valence-electron chi connectivity index (χ4n) is 4.95. The first-order valence-corrected chi connectivity index (χ1v) is 8.05. The van der Waals surface area contributed by atoms with Crippen LogP contribution in [0.3, 0.4) is 0 Å². The van der Waals surface area contributed by atoms with Gasteiger partial charge in [-0.2, -0.15) is 0 Å². The molecule has 0 radical (unpaired) electrons. The second-order valence-electron chi connectivity index (χ2n) is 6.22. The lowest BCUT2D eigenvalue weighted by Gasteiger charge is -2.32. The van der Waals surface area contributed by atoms with Crippen LogP contribution in [0.15, 0.2) is 17.5 Å². The lowest BCUT2D eigenvalue weighted by Crippen LogP contribution is -2.38. The first kappa shape index (κ1) is 13.0. The van der Waals surface area contributed by atoms with Crippen molar-refractivity contribution < 1.29 is 0 Å². The smallest absolute Gasteiger partial charge is 0.0302 e. The predicted octanol–water partition coefficient (Wildman–Crippen LogP) is 4.08. The highest BCUT2D eigenvalue weighted by Gasteiger charge is 2.53. The highest BCUT2D eigenvalue weighted by atomic mass is 35.5. The Labute approximate surface area is 120 Å². The van der Waals surface area contributed by atoms with Crippen molar-refractivity contribution in [2.24, 2.45) is 23.7 Å². The van der Waals surface area contributed by atoms with Crippen LogP contribution in [0, 0.1) is 23.7 Å². The standard InChI is InChI=1S/C15H21NS.ClH/c1-4-12-10-7-14(13(12)5-1)15(8-10)16-9-11-3-2-6-17-11;/h2-3,6,10,12-16H,1,4-5,7-9H2;1H. The van der Waals surface area contributed by atoms with Gasteiger partial charge in [-0.1, -0.05) is 12.5 Å². The molecule has 5 unspecified atom stereocenters. The Morgan fingerprint density at radius 2 is 2.06 bits per heavy atom. The number of halogens is 1. The minimum atomic E-state index is 0. The summed E-state index contributed by atoms with van der Waals surface area (Å²) in [5.74, 6) is 4.31. The maximum atomic E-state index is 3.84. The quantitative estimate of drug-likeness (QED) is 0.881. The average Bonchev–Trinajstić information content (AvgIpc) is 3.08. The molecule has 5 atom stereocenters. The molecule has 0 spiro atoms. The first-order valence-electron chi connectivity index (χ1n) is 7.17. The van der Waals surface area contributed by atoms with E-state index >= 15 is 0 Å². The van der Waals surface area contributed by atoms with E-state index in [0.29, 0.717) is 0 Å². The molecule has 18 heavy (non-hydrogen) atoms. The van der Waals surface area contributed by atoms with Gasteiger partial charge in [0.1, 0.15) is 0 Å². The molecular formula is C15H22ClNS. The van der Waals surface area contributed by atoms with Crippen LogP contribution in [0.25, 0.3) is 0 Å². The van der Waals surface area contributed by atoms with Gasteiger partial charge in [-0.15, -0.1) is 23.7 Å². The fourth-order valence-corrected chi connectivity index (χ4v) is 5.60. The van der Waals surface area contributed by atoms with E-state index in [2.05, 4.69) is 22.8 Å². The van der Waals surface area contributed by atoms with E-state index in [1.54, 1.807) is 6.42 Å². The summed E-state index contributed by atoms with van der Waals surface area (Å²) in [5, 5.41) is 6.02. The van der Waals surface area contributed by atoms with Crippen LogP contribution in [0.5, 0.6) is 0 Å². The molecule has 0 aliphatic heterocycles. The Morgan fingerprint density at radius 1 is 1.17 bits per heavy atom. The van der Waals surface area contributed by atoms with Gasteiger partial charge in [0.05, 0.1) is 0 Å². The lowest BCUT2D eigenvalue weighted by molar-refractivity contribution is 0.208. The second kappa shape index (κ2) is 5.15. The topological polar surface area (TPSA) is 12.0 Å². The van der Waals surface area contributed by atoms with Crippen molar-refractivity contribution >= 4 is 23.7 Å². The molecule has 4 rings (SSSR count). The first-order chi connectivity index (χ1) is 8.42. The van der Waals surface area contributed by atoms with E-state index in [0.717, 1.165) is 36.3 Å². The molecule has 0 saturated heterocycles. The summed E-state index contributed by atoms with van der Waals surface area (Å²) in [5.41, 5.74) is 0. The number of nitrogens with one attached hydrogen (secondary N) is 1. The van der Waals surface area contributed by atoms with Gasteiger partial charge in [0.25, 0.3) is 0 Å². The van der Waals surface area contributed by atoms with E-state index < -0.39 is 0 Å². The van der Waals surface area contributed by atoms with Crippen LogP contribution in [0.1, 0.15) is 37.0 Å². The van der Waals surface area contributed by atoms with Crippen LogP contribution in [0.4, 0.5) is 0 Å². The van der Waals surface area contributed by atoms with Gasteiger partial charge >= 0.3 is 0 Å². The maximum Gasteiger partial charge on any atom is 0.0302 e. The minimum absolute atomic E-state index is 0. The molecular weight excluding hydrogens is 262 g/mol. The number of hydrogen-bond donors (Lipinski definition) is 1. The molecule has 3 fully saturated rings. The molecule has 3 heteroatoms. The molecule has 2 bridgehead atoms. The molecule has 1 aromatic heterocycles. The van der Waals surface area contributed by atoms with Crippen molar-refractivity contribution in [3.8, 4) is 0 Å². The van der Waals surface area contributed by atoms with Gasteiger partial charge in [-0.05, 0) is 60.8 Å². The molecule has 1 heterocycles. The Bertz CT molecular complexity index is 391. The molecule has 0 amide bonds. The highest BCUT2D eigenvalue weighted by molar-refractivity contribution is 7.09. The van der Waals surface area contributed by atoms with E-state index in [9.17, 15) is 0 Å². The number of rotatable bonds is 3. The molecule has 0 aromatic carbocycles. The van der Waals surface area contributed by atoms with Crippen molar-refractivity contribution in [1.29, 1.82) is 0 Å². The van der Waals surface area contributed by atoms with Crippen molar-refractivity contribution in [2.75, 3.05) is 0 Å². The van der Waals surface area contributed by atoms with Crippen molar-refractivity contribution in [2.45, 2.75) is 44.7 Å². The van der Waals surface area contributed by atoms with Gasteiger partial charge < -0.3 is 5.32 Å². The van der Waals surface area contributed by atoms with E-state index in [1.165, 1.54) is 30.6 Å². The van der Waals surface area contributed by atoms with Crippen molar-refractivity contribution in [1.82, 2.24) is 5.32 Å². The molecule has 3 aliphatic rings. The van der Waals surface area contributed by atoms with Crippen LogP contribution in [-0.4, -0.2) is 6.04 Å². The average molecular weight is 284 g/mol. The van der Waals surface area contributed by atoms with Crippen molar-refractivity contribution in [3.05, 3.63) is 22.4 Å². The summed E-state index contributed by atoms with van der Waals surface area (Å²) >= 11 is 1.88. The third kappa shape index (κ3) is 2.03. The Balaban J connectivity index is 0.000001000. The van der Waals surface area contributed by atoms with Crippen LogP contribution >= 0.6 is 23.7 Å². The van der Waals surface area contributed by atoms with E-state index in [1.807, 2.05) is 11.3 Å². The maximum absolute atomic E-state index is 3.84. The second-order valence-corrected chi connectivity index (χ2v) is 7.25. The molecule has 3 aliphatic carbocycles. The zero-order chi connectivity index (χ0) is 11.2. The zero-order valence-corrected chi connectivity index (χ0v) is 12.3. The van der Waals surface area contributed by atoms with Gasteiger partial charge in [0.15, 0.2) is 0 Å². The molecule has 1 aromatic rings. The summed E-state index contributed by atoms with van der Waals surface area (Å²) in [6.07, 6.45) is 7.60. The monoisotopic (exact) mass is 283 g/mol. The third-order valence-corrected chi connectivity index (χ3v) is 6.42. The molecule has 1 N–H and O–H groups in total. The van der Waals surface area contributed by atoms with Gasteiger partial charge in [-0.3, -0.25) is 0 Å². The molecule has 3 saturated carbocycles. The number of hydrogen-bond acceptors (Lipinski definition) is 2. The third-order valence-electron chi connectivity index (χ3n) is 5.55. The lowest BCUT2D eigenvalue weighted by atomic mass is 9.79. The Hall–Kier alpha value is -0.0500. The van der Waals surface area contributed by atoms with Crippen LogP contribution in [-0.2, 0) is 6.54 Å². The summed E-state index contributed by atoms with van der Waals surface area (Å²) in [6.45, 7) is 1.10. The molecule has 100 valence electrons. The molecule has 1 nitrogen and oxygen atoms in total. The number of fused-ring (bicyclic) bond motifs is 5. The zero-order valence-electron chi connectivity index (χ0n) is 10.7. The normalized spacial score (nSPS) is 40.8. The van der Waals surface area contributed by atoms with Gasteiger partial charge in [0.2, 0.25) is 0 Å². The van der Waals surface area contributed by atoms with E-state index in [4.69, 9.17) is 0 Å². The highest BCUT2D eigenvalue weighted by Crippen LogP contribution is 2.58. The van der Waals surface area contributed by atoms with Crippen LogP contribution in [0.2, 0.25) is 0 Å². The summed E-state index contributed by atoms with van der Waals surface area (Å²) in [4.78, 5) is 1.50. The Kier molecular flexibility index (Phi) is 3.70.